The summed E-state index contributed by atoms with van der Waals surface area (Å²) in [4.78, 5) is 0. The van der Waals surface area contributed by atoms with Gasteiger partial charge in [-0.3, -0.25) is 9.13 Å². The fraction of sp³-hybridized carbons (Fsp3) is 0.211. The Kier molecular flexibility index (Phi) is 3.38. The molecular formula is C19H20N2. The third-order valence-electron chi connectivity index (χ3n) is 3.94. The van der Waals surface area contributed by atoms with Crippen molar-refractivity contribution >= 4 is 0 Å². The molecule has 0 fully saturated rings. The second-order valence-electron chi connectivity index (χ2n) is 5.62. The van der Waals surface area contributed by atoms with Crippen LogP contribution >= 0.6 is 0 Å². The van der Waals surface area contributed by atoms with E-state index in [2.05, 4.69) is 91.9 Å². The predicted molar refractivity (Wildman–Crippen MR) is 85.1 cm³/mol. The number of imidazole rings is 1. The lowest BCUT2D eigenvalue weighted by atomic mass is 10.1. The third kappa shape index (κ3) is 2.38. The molecule has 2 nitrogen and oxygen atoms in total. The van der Waals surface area contributed by atoms with Gasteiger partial charge in [0.25, 0.3) is 6.33 Å². The molecule has 0 unspecified atom stereocenters. The second-order valence-corrected chi connectivity index (χ2v) is 5.62. The molecule has 0 saturated heterocycles. The van der Waals surface area contributed by atoms with Gasteiger partial charge in [0.05, 0.1) is 11.4 Å². The van der Waals surface area contributed by atoms with Gasteiger partial charge < -0.3 is 0 Å². The summed E-state index contributed by atoms with van der Waals surface area (Å²) in [6, 6.07) is 12.7. The molecule has 0 saturated carbocycles. The molecule has 0 bridgehead atoms. The van der Waals surface area contributed by atoms with Crippen LogP contribution in [0.2, 0.25) is 0 Å². The molecule has 0 aliphatic heterocycles. The van der Waals surface area contributed by atoms with Gasteiger partial charge in [0.2, 0.25) is 0 Å². The van der Waals surface area contributed by atoms with Crippen LogP contribution in [0.1, 0.15) is 22.3 Å². The SMILES string of the molecule is Cc1cccc(C)c1-n1[c-][n+](-c2c(C)cccc2C)cc1. The lowest BCUT2D eigenvalue weighted by Crippen LogP contribution is -2.30. The Bertz CT molecular complexity index is 691. The van der Waals surface area contributed by atoms with Gasteiger partial charge in [0, 0.05) is 12.4 Å². The fourth-order valence-corrected chi connectivity index (χ4v) is 2.94. The van der Waals surface area contributed by atoms with Crippen molar-refractivity contribution < 1.29 is 4.57 Å². The number of hydrogen-bond donors (Lipinski definition) is 0. The zero-order chi connectivity index (χ0) is 15.0. The van der Waals surface area contributed by atoms with Crippen LogP contribution in [-0.2, 0) is 0 Å². The Morgan fingerprint density at radius 2 is 1.33 bits per heavy atom. The van der Waals surface area contributed by atoms with E-state index in [1.165, 1.54) is 33.6 Å². The Balaban J connectivity index is 2.13. The first-order chi connectivity index (χ1) is 10.1. The van der Waals surface area contributed by atoms with Crippen molar-refractivity contribution in [2.24, 2.45) is 0 Å². The van der Waals surface area contributed by atoms with Gasteiger partial charge in [-0.2, -0.15) is 0 Å². The Labute approximate surface area is 126 Å². The normalized spacial score (nSPS) is 10.9. The van der Waals surface area contributed by atoms with Gasteiger partial charge in [0.1, 0.15) is 0 Å². The van der Waals surface area contributed by atoms with Crippen molar-refractivity contribution in [1.29, 1.82) is 0 Å². The molecule has 0 amide bonds. The van der Waals surface area contributed by atoms with E-state index in [4.69, 9.17) is 0 Å². The van der Waals surface area contributed by atoms with Gasteiger partial charge in [-0.1, -0.05) is 36.4 Å². The van der Waals surface area contributed by atoms with Crippen molar-refractivity contribution in [3.63, 3.8) is 0 Å². The molecule has 0 aliphatic rings. The lowest BCUT2D eigenvalue weighted by Gasteiger charge is -2.11. The summed E-state index contributed by atoms with van der Waals surface area (Å²) in [5.74, 6) is 0. The first-order valence-electron chi connectivity index (χ1n) is 7.23. The smallest absolute Gasteiger partial charge is 0.268 e. The van der Waals surface area contributed by atoms with E-state index < -0.39 is 0 Å². The minimum absolute atomic E-state index is 1.21. The van der Waals surface area contributed by atoms with Crippen LogP contribution < -0.4 is 4.57 Å². The van der Waals surface area contributed by atoms with Crippen LogP contribution in [0.4, 0.5) is 0 Å². The maximum atomic E-state index is 3.44. The number of rotatable bonds is 2. The summed E-state index contributed by atoms with van der Waals surface area (Å²) < 4.78 is 4.16. The number of aromatic nitrogens is 2. The van der Waals surface area contributed by atoms with E-state index in [9.17, 15) is 0 Å². The Morgan fingerprint density at radius 1 is 0.810 bits per heavy atom. The average Bonchev–Trinajstić information content (AvgIpc) is 2.87. The van der Waals surface area contributed by atoms with E-state index >= 15 is 0 Å². The van der Waals surface area contributed by atoms with Crippen LogP contribution in [0.25, 0.3) is 11.4 Å². The molecule has 1 heterocycles. The highest BCUT2D eigenvalue weighted by Crippen LogP contribution is 2.18. The highest BCUT2D eigenvalue weighted by molar-refractivity contribution is 5.46. The van der Waals surface area contributed by atoms with Gasteiger partial charge in [0.15, 0.2) is 0 Å². The molecule has 0 radical (unpaired) electrons. The van der Waals surface area contributed by atoms with E-state index in [1.807, 2.05) is 0 Å². The van der Waals surface area contributed by atoms with E-state index in [0.29, 0.717) is 0 Å². The number of hydrogen-bond acceptors (Lipinski definition) is 0. The predicted octanol–water partition coefficient (Wildman–Crippen LogP) is 3.79. The van der Waals surface area contributed by atoms with Gasteiger partial charge in [-0.15, -0.1) is 0 Å². The third-order valence-corrected chi connectivity index (χ3v) is 3.94. The molecule has 3 rings (SSSR count). The van der Waals surface area contributed by atoms with Gasteiger partial charge >= 0.3 is 0 Å². The second kappa shape index (κ2) is 5.21. The summed E-state index contributed by atoms with van der Waals surface area (Å²) >= 11 is 0. The summed E-state index contributed by atoms with van der Waals surface area (Å²) in [6.45, 7) is 8.55. The molecule has 2 aromatic carbocycles. The zero-order valence-electron chi connectivity index (χ0n) is 13.0. The quantitative estimate of drug-likeness (QED) is 0.497. The molecule has 0 aliphatic carbocycles. The number of para-hydroxylation sites is 2. The lowest BCUT2D eigenvalue weighted by molar-refractivity contribution is -0.600. The molecule has 0 N–H and O–H groups in total. The van der Waals surface area contributed by atoms with Crippen molar-refractivity contribution in [1.82, 2.24) is 4.57 Å². The highest BCUT2D eigenvalue weighted by atomic mass is 15.1. The standard InChI is InChI=1S/C19H20N2/c1-14-7-5-8-15(2)18(14)20-11-12-21(13-20)19-16(3)9-6-10-17(19)4/h5-12H,1-4H3. The number of nitrogens with zero attached hydrogens (tertiary/aromatic N) is 2. The molecular weight excluding hydrogens is 256 g/mol. The maximum Gasteiger partial charge on any atom is 0.268 e. The van der Waals surface area contributed by atoms with E-state index in [1.54, 1.807) is 0 Å². The molecule has 2 heteroatoms. The first-order valence-corrected chi connectivity index (χ1v) is 7.23. The first kappa shape index (κ1) is 13.6. The monoisotopic (exact) mass is 276 g/mol. The molecule has 1 aromatic heterocycles. The van der Waals surface area contributed by atoms with Crippen LogP contribution in [0.3, 0.4) is 0 Å². The Hall–Kier alpha value is -2.35. The highest BCUT2D eigenvalue weighted by Gasteiger charge is 2.10. The molecule has 0 atom stereocenters. The Morgan fingerprint density at radius 3 is 1.90 bits per heavy atom. The van der Waals surface area contributed by atoms with Crippen molar-refractivity contribution in [2.75, 3.05) is 0 Å². The molecule has 0 spiro atoms. The molecule has 106 valence electrons. The van der Waals surface area contributed by atoms with Crippen LogP contribution in [0.5, 0.6) is 0 Å². The van der Waals surface area contributed by atoms with Crippen molar-refractivity contribution in [3.8, 4) is 11.4 Å². The van der Waals surface area contributed by atoms with Crippen LogP contribution in [0.15, 0.2) is 48.8 Å². The average molecular weight is 276 g/mol. The van der Waals surface area contributed by atoms with Crippen LogP contribution in [-0.4, -0.2) is 4.57 Å². The molecule has 21 heavy (non-hydrogen) atoms. The summed E-state index contributed by atoms with van der Waals surface area (Å²) in [7, 11) is 0. The fourth-order valence-electron chi connectivity index (χ4n) is 2.94. The van der Waals surface area contributed by atoms with E-state index in [-0.39, 0.29) is 0 Å². The maximum absolute atomic E-state index is 3.44. The number of aryl methyl sites for hydroxylation is 4. The van der Waals surface area contributed by atoms with Crippen LogP contribution in [0, 0.1) is 34.0 Å². The van der Waals surface area contributed by atoms with Gasteiger partial charge in [-0.05, 0) is 49.9 Å². The molecule has 3 aromatic rings. The van der Waals surface area contributed by atoms with E-state index in [0.717, 1.165) is 0 Å². The minimum atomic E-state index is 1.21. The topological polar surface area (TPSA) is 8.81 Å². The van der Waals surface area contributed by atoms with Crippen molar-refractivity contribution in [2.45, 2.75) is 27.7 Å². The zero-order valence-corrected chi connectivity index (χ0v) is 13.0. The summed E-state index contributed by atoms with van der Waals surface area (Å²) in [5.41, 5.74) is 7.46. The van der Waals surface area contributed by atoms with Crippen molar-refractivity contribution in [3.05, 3.63) is 77.4 Å². The number of benzene rings is 2. The minimum Gasteiger partial charge on any atom is -0.298 e. The summed E-state index contributed by atoms with van der Waals surface area (Å²) in [6.07, 6.45) is 7.58. The largest absolute Gasteiger partial charge is 0.298 e. The summed E-state index contributed by atoms with van der Waals surface area (Å²) in [5, 5.41) is 0. The van der Waals surface area contributed by atoms with Gasteiger partial charge in [-0.25, -0.2) is 0 Å².